The number of aliphatic imine (C=N–C) groups is 1. The Balaban J connectivity index is 1.78. The number of thioether (sulfide) groups is 1. The van der Waals surface area contributed by atoms with Crippen LogP contribution in [0.1, 0.15) is 26.7 Å². The molecular formula is C18H27FN4OS. The van der Waals surface area contributed by atoms with Crippen molar-refractivity contribution in [1.82, 2.24) is 15.5 Å². The number of hydrogen-bond donors (Lipinski definition) is 2. The summed E-state index contributed by atoms with van der Waals surface area (Å²) in [6.45, 7) is 6.94. The molecule has 2 rings (SSSR count). The first-order chi connectivity index (χ1) is 12.1. The molecule has 1 fully saturated rings. The SMILES string of the molecule is CCNC(=NCCSc1ccc(F)cc1)NC1CCN(C(=O)CC)C1. The van der Waals surface area contributed by atoms with E-state index in [1.54, 1.807) is 23.9 Å². The lowest BCUT2D eigenvalue weighted by atomic mass is 10.3. The second-order valence-electron chi connectivity index (χ2n) is 5.89. The molecule has 25 heavy (non-hydrogen) atoms. The van der Waals surface area contributed by atoms with Gasteiger partial charge < -0.3 is 15.5 Å². The zero-order valence-corrected chi connectivity index (χ0v) is 15.7. The van der Waals surface area contributed by atoms with Gasteiger partial charge in [-0.3, -0.25) is 9.79 Å². The predicted octanol–water partition coefficient (Wildman–Crippen LogP) is 2.48. The highest BCUT2D eigenvalue weighted by molar-refractivity contribution is 7.99. The lowest BCUT2D eigenvalue weighted by Gasteiger charge is -2.18. The summed E-state index contributed by atoms with van der Waals surface area (Å²) in [7, 11) is 0. The van der Waals surface area contributed by atoms with Crippen LogP contribution in [0, 0.1) is 5.82 Å². The van der Waals surface area contributed by atoms with Crippen LogP contribution in [0.2, 0.25) is 0 Å². The third kappa shape index (κ3) is 6.57. The first kappa shape index (κ1) is 19.6. The molecule has 1 amide bonds. The van der Waals surface area contributed by atoms with E-state index in [0.29, 0.717) is 13.0 Å². The van der Waals surface area contributed by atoms with Gasteiger partial charge in [0.25, 0.3) is 0 Å². The monoisotopic (exact) mass is 366 g/mol. The van der Waals surface area contributed by atoms with Crippen LogP contribution in [0.15, 0.2) is 34.2 Å². The van der Waals surface area contributed by atoms with E-state index in [0.717, 1.165) is 42.7 Å². The van der Waals surface area contributed by atoms with Crippen molar-refractivity contribution in [2.75, 3.05) is 31.9 Å². The molecule has 1 atom stereocenters. The molecule has 1 aromatic carbocycles. The summed E-state index contributed by atoms with van der Waals surface area (Å²) in [6, 6.07) is 6.76. The van der Waals surface area contributed by atoms with E-state index < -0.39 is 0 Å². The van der Waals surface area contributed by atoms with Crippen molar-refractivity contribution in [2.24, 2.45) is 4.99 Å². The molecule has 5 nitrogen and oxygen atoms in total. The fourth-order valence-electron chi connectivity index (χ4n) is 2.69. The summed E-state index contributed by atoms with van der Waals surface area (Å²) in [6.07, 6.45) is 1.50. The maximum atomic E-state index is 12.9. The van der Waals surface area contributed by atoms with Crippen LogP contribution in [0.25, 0.3) is 0 Å². The maximum Gasteiger partial charge on any atom is 0.222 e. The number of benzene rings is 1. The van der Waals surface area contributed by atoms with Gasteiger partial charge >= 0.3 is 0 Å². The molecule has 0 bridgehead atoms. The Morgan fingerprint density at radius 2 is 2.12 bits per heavy atom. The second-order valence-corrected chi connectivity index (χ2v) is 7.05. The van der Waals surface area contributed by atoms with Gasteiger partial charge in [-0.1, -0.05) is 6.92 Å². The number of halogens is 1. The fraction of sp³-hybridized carbons (Fsp3) is 0.556. The molecule has 1 aromatic rings. The molecule has 0 aromatic heterocycles. The van der Waals surface area contributed by atoms with E-state index in [4.69, 9.17) is 0 Å². The zero-order chi connectivity index (χ0) is 18.1. The van der Waals surface area contributed by atoms with Gasteiger partial charge in [0.1, 0.15) is 5.82 Å². The Labute approximate surface area is 153 Å². The minimum Gasteiger partial charge on any atom is -0.357 e. The summed E-state index contributed by atoms with van der Waals surface area (Å²) in [5.74, 6) is 1.61. The molecule has 2 N–H and O–H groups in total. The molecule has 0 spiro atoms. The Morgan fingerprint density at radius 1 is 1.36 bits per heavy atom. The first-order valence-corrected chi connectivity index (χ1v) is 9.82. The van der Waals surface area contributed by atoms with Gasteiger partial charge in [-0.15, -0.1) is 11.8 Å². The smallest absolute Gasteiger partial charge is 0.222 e. The number of carbonyl (C=O) groups excluding carboxylic acids is 1. The Hall–Kier alpha value is -1.76. The van der Waals surface area contributed by atoms with Crippen LogP contribution in [0.4, 0.5) is 4.39 Å². The van der Waals surface area contributed by atoms with Gasteiger partial charge in [0.05, 0.1) is 6.54 Å². The highest BCUT2D eigenvalue weighted by Crippen LogP contribution is 2.17. The number of likely N-dealkylation sites (tertiary alicyclic amines) is 1. The van der Waals surface area contributed by atoms with Crippen molar-refractivity contribution >= 4 is 23.6 Å². The number of hydrogen-bond acceptors (Lipinski definition) is 3. The van der Waals surface area contributed by atoms with Crippen molar-refractivity contribution < 1.29 is 9.18 Å². The highest BCUT2D eigenvalue weighted by atomic mass is 32.2. The highest BCUT2D eigenvalue weighted by Gasteiger charge is 2.25. The average Bonchev–Trinajstić information content (AvgIpc) is 3.08. The standard InChI is InChI=1S/C18H27FN4OS/c1-3-17(24)23-11-9-15(13-23)22-18(20-4-2)21-10-12-25-16-7-5-14(19)6-8-16/h5-8,15H,3-4,9-13H2,1-2H3,(H2,20,21,22). The Kier molecular flexibility index (Phi) is 8.04. The number of guanidine groups is 1. The second kappa shape index (κ2) is 10.3. The van der Waals surface area contributed by atoms with E-state index in [-0.39, 0.29) is 17.8 Å². The molecule has 138 valence electrons. The minimum absolute atomic E-state index is 0.210. The summed E-state index contributed by atoms with van der Waals surface area (Å²) in [5, 5.41) is 6.67. The van der Waals surface area contributed by atoms with E-state index in [9.17, 15) is 9.18 Å². The zero-order valence-electron chi connectivity index (χ0n) is 14.9. The quantitative estimate of drug-likeness (QED) is 0.337. The van der Waals surface area contributed by atoms with Crippen LogP contribution in [-0.2, 0) is 4.79 Å². The third-order valence-corrected chi connectivity index (χ3v) is 4.96. The normalized spacial score (nSPS) is 17.6. The van der Waals surface area contributed by atoms with Crippen LogP contribution in [0.5, 0.6) is 0 Å². The molecular weight excluding hydrogens is 339 g/mol. The molecule has 7 heteroatoms. The van der Waals surface area contributed by atoms with Gasteiger partial charge in [-0.05, 0) is 37.6 Å². The van der Waals surface area contributed by atoms with E-state index in [1.165, 1.54) is 12.1 Å². The van der Waals surface area contributed by atoms with Gasteiger partial charge in [-0.25, -0.2) is 4.39 Å². The number of amides is 1. The lowest BCUT2D eigenvalue weighted by Crippen LogP contribution is -2.45. The van der Waals surface area contributed by atoms with E-state index >= 15 is 0 Å². The number of carbonyl (C=O) groups is 1. The Bertz CT molecular complexity index is 579. The molecule has 1 unspecified atom stereocenters. The summed E-state index contributed by atoms with van der Waals surface area (Å²) in [4.78, 5) is 19.3. The van der Waals surface area contributed by atoms with Gasteiger partial charge in [0.2, 0.25) is 5.91 Å². The van der Waals surface area contributed by atoms with Crippen LogP contribution in [0.3, 0.4) is 0 Å². The molecule has 0 radical (unpaired) electrons. The molecule has 0 saturated carbocycles. The van der Waals surface area contributed by atoms with Crippen molar-refractivity contribution in [3.63, 3.8) is 0 Å². The maximum absolute atomic E-state index is 12.9. The molecule has 1 aliphatic rings. The molecule has 1 aliphatic heterocycles. The third-order valence-electron chi connectivity index (χ3n) is 3.97. The minimum atomic E-state index is -0.215. The van der Waals surface area contributed by atoms with Crippen molar-refractivity contribution in [2.45, 2.75) is 37.6 Å². The Morgan fingerprint density at radius 3 is 2.80 bits per heavy atom. The van der Waals surface area contributed by atoms with E-state index in [1.807, 2.05) is 18.7 Å². The first-order valence-electron chi connectivity index (χ1n) is 8.83. The largest absolute Gasteiger partial charge is 0.357 e. The van der Waals surface area contributed by atoms with Crippen LogP contribution in [-0.4, -0.2) is 54.7 Å². The van der Waals surface area contributed by atoms with Crippen LogP contribution >= 0.6 is 11.8 Å². The van der Waals surface area contributed by atoms with Gasteiger partial charge in [0, 0.05) is 42.7 Å². The lowest BCUT2D eigenvalue weighted by molar-refractivity contribution is -0.129. The molecule has 1 saturated heterocycles. The molecule has 1 heterocycles. The average molecular weight is 367 g/mol. The fourth-order valence-corrected chi connectivity index (χ4v) is 3.44. The van der Waals surface area contributed by atoms with Crippen molar-refractivity contribution in [3.05, 3.63) is 30.1 Å². The van der Waals surface area contributed by atoms with Gasteiger partial charge in [0.15, 0.2) is 5.96 Å². The summed E-state index contributed by atoms with van der Waals surface area (Å²) >= 11 is 1.66. The van der Waals surface area contributed by atoms with Crippen LogP contribution < -0.4 is 10.6 Å². The summed E-state index contributed by atoms with van der Waals surface area (Å²) < 4.78 is 12.9. The van der Waals surface area contributed by atoms with Crippen molar-refractivity contribution in [1.29, 1.82) is 0 Å². The summed E-state index contributed by atoms with van der Waals surface area (Å²) in [5.41, 5.74) is 0. The van der Waals surface area contributed by atoms with Gasteiger partial charge in [-0.2, -0.15) is 0 Å². The number of nitrogens with zero attached hydrogens (tertiary/aromatic N) is 2. The molecule has 0 aliphatic carbocycles. The number of nitrogens with one attached hydrogen (secondary N) is 2. The van der Waals surface area contributed by atoms with Crippen molar-refractivity contribution in [3.8, 4) is 0 Å². The number of rotatable bonds is 7. The predicted molar refractivity (Wildman–Crippen MR) is 102 cm³/mol. The van der Waals surface area contributed by atoms with E-state index in [2.05, 4.69) is 15.6 Å². The topological polar surface area (TPSA) is 56.7 Å².